The summed E-state index contributed by atoms with van der Waals surface area (Å²) < 4.78 is 14.7. The largest absolute Gasteiger partial charge is 0.479 e. The van der Waals surface area contributed by atoms with Crippen LogP contribution in [0.4, 0.5) is 10.1 Å². The summed E-state index contributed by atoms with van der Waals surface area (Å²) in [6.45, 7) is 0. The number of carbonyl (C=O) groups is 2. The maximum atomic E-state index is 13.3. The highest BCUT2D eigenvalue weighted by Gasteiger charge is 2.24. The molecule has 110 valence electrons. The van der Waals surface area contributed by atoms with E-state index >= 15 is 0 Å². The number of hydrogen-bond acceptors (Lipinski definition) is 4. The average molecular weight is 292 g/mol. The Labute approximate surface area is 119 Å². The number of nitrogens with two attached hydrogens (primary N) is 1. The SMILES string of the molecule is Cn1cc(C(NC(=O)c2ccc(N)c(F)c2)C(=O)O)cn1. The summed E-state index contributed by atoms with van der Waals surface area (Å²) in [5, 5.41) is 15.3. The topological polar surface area (TPSA) is 110 Å². The van der Waals surface area contributed by atoms with Gasteiger partial charge in [-0.1, -0.05) is 0 Å². The van der Waals surface area contributed by atoms with Gasteiger partial charge in [0, 0.05) is 24.4 Å². The minimum Gasteiger partial charge on any atom is -0.479 e. The molecule has 0 saturated carbocycles. The Morgan fingerprint density at radius 1 is 1.48 bits per heavy atom. The fraction of sp³-hybridized carbons (Fsp3) is 0.154. The van der Waals surface area contributed by atoms with Gasteiger partial charge >= 0.3 is 5.97 Å². The van der Waals surface area contributed by atoms with E-state index in [1.54, 1.807) is 7.05 Å². The lowest BCUT2D eigenvalue weighted by Gasteiger charge is -2.13. The number of aromatic nitrogens is 2. The van der Waals surface area contributed by atoms with Crippen LogP contribution in [-0.2, 0) is 11.8 Å². The number of amides is 1. The molecule has 0 aliphatic heterocycles. The smallest absolute Gasteiger partial charge is 0.331 e. The number of carboxylic acids is 1. The summed E-state index contributed by atoms with van der Waals surface area (Å²) in [5.74, 6) is -2.70. The first-order valence-electron chi connectivity index (χ1n) is 5.95. The number of halogens is 1. The Morgan fingerprint density at radius 2 is 2.19 bits per heavy atom. The fourth-order valence-corrected chi connectivity index (χ4v) is 1.76. The molecule has 1 amide bonds. The Hall–Kier alpha value is -2.90. The number of nitrogens with zero attached hydrogens (tertiary/aromatic N) is 2. The second kappa shape index (κ2) is 5.61. The van der Waals surface area contributed by atoms with E-state index in [0.717, 1.165) is 6.07 Å². The number of anilines is 1. The molecule has 21 heavy (non-hydrogen) atoms. The van der Waals surface area contributed by atoms with E-state index in [2.05, 4.69) is 10.4 Å². The Kier molecular flexibility index (Phi) is 3.88. The summed E-state index contributed by atoms with van der Waals surface area (Å²) in [7, 11) is 1.62. The van der Waals surface area contributed by atoms with Gasteiger partial charge in [0.25, 0.3) is 5.91 Å². The zero-order valence-electron chi connectivity index (χ0n) is 11.1. The molecule has 0 fully saturated rings. The van der Waals surface area contributed by atoms with Gasteiger partial charge in [0.2, 0.25) is 0 Å². The van der Waals surface area contributed by atoms with Gasteiger partial charge in [-0.25, -0.2) is 9.18 Å². The van der Waals surface area contributed by atoms with Crippen molar-refractivity contribution in [3.8, 4) is 0 Å². The van der Waals surface area contributed by atoms with Crippen LogP contribution in [0.25, 0.3) is 0 Å². The lowest BCUT2D eigenvalue weighted by molar-refractivity contribution is -0.139. The van der Waals surface area contributed by atoms with Crippen LogP contribution in [0.3, 0.4) is 0 Å². The standard InChI is InChI=1S/C13H13FN4O3/c1-18-6-8(5-16-18)11(13(20)21)17-12(19)7-2-3-10(15)9(14)4-7/h2-6,11H,15H2,1H3,(H,17,19)(H,20,21). The van der Waals surface area contributed by atoms with E-state index in [0.29, 0.717) is 5.56 Å². The molecule has 0 saturated heterocycles. The molecule has 1 heterocycles. The molecule has 1 unspecified atom stereocenters. The van der Waals surface area contributed by atoms with E-state index in [9.17, 15) is 19.1 Å². The van der Waals surface area contributed by atoms with Crippen LogP contribution in [0, 0.1) is 5.82 Å². The monoisotopic (exact) mass is 292 g/mol. The van der Waals surface area contributed by atoms with Crippen LogP contribution in [0.5, 0.6) is 0 Å². The van der Waals surface area contributed by atoms with E-state index in [-0.39, 0.29) is 11.3 Å². The Balaban J connectivity index is 2.22. The predicted molar refractivity (Wildman–Crippen MR) is 71.9 cm³/mol. The van der Waals surface area contributed by atoms with Crippen molar-refractivity contribution in [2.45, 2.75) is 6.04 Å². The number of nitrogens with one attached hydrogen (secondary N) is 1. The third-order valence-electron chi connectivity index (χ3n) is 2.84. The zero-order chi connectivity index (χ0) is 15.6. The second-order valence-corrected chi connectivity index (χ2v) is 4.43. The van der Waals surface area contributed by atoms with Crippen molar-refractivity contribution in [3.63, 3.8) is 0 Å². The van der Waals surface area contributed by atoms with E-state index in [4.69, 9.17) is 5.73 Å². The van der Waals surface area contributed by atoms with Gasteiger partial charge in [-0.15, -0.1) is 0 Å². The minimum atomic E-state index is -1.27. The average Bonchev–Trinajstić information content (AvgIpc) is 2.84. The van der Waals surface area contributed by atoms with Crippen LogP contribution in [0.1, 0.15) is 22.0 Å². The highest BCUT2D eigenvalue weighted by molar-refractivity contribution is 5.97. The second-order valence-electron chi connectivity index (χ2n) is 4.43. The summed E-state index contributed by atoms with van der Waals surface area (Å²) in [6, 6.07) is 2.24. The molecule has 1 atom stereocenters. The quantitative estimate of drug-likeness (QED) is 0.718. The molecule has 8 heteroatoms. The summed E-state index contributed by atoms with van der Waals surface area (Å²) >= 11 is 0. The maximum Gasteiger partial charge on any atom is 0.331 e. The third kappa shape index (κ3) is 3.16. The van der Waals surface area contributed by atoms with E-state index in [1.165, 1.54) is 29.2 Å². The first-order chi connectivity index (χ1) is 9.88. The normalized spacial score (nSPS) is 11.9. The van der Waals surface area contributed by atoms with Crippen molar-refractivity contribution in [1.82, 2.24) is 15.1 Å². The highest BCUT2D eigenvalue weighted by Crippen LogP contribution is 2.15. The number of hydrogen-bond donors (Lipinski definition) is 3. The van der Waals surface area contributed by atoms with Crippen molar-refractivity contribution < 1.29 is 19.1 Å². The molecular weight excluding hydrogens is 279 g/mol. The van der Waals surface area contributed by atoms with Gasteiger partial charge in [-0.05, 0) is 18.2 Å². The molecule has 0 aliphatic rings. The van der Waals surface area contributed by atoms with Crippen molar-refractivity contribution in [3.05, 3.63) is 47.5 Å². The summed E-state index contributed by atoms with van der Waals surface area (Å²) in [5.41, 5.74) is 5.53. The molecule has 0 spiro atoms. The van der Waals surface area contributed by atoms with Crippen molar-refractivity contribution in [2.75, 3.05) is 5.73 Å². The lowest BCUT2D eigenvalue weighted by Crippen LogP contribution is -2.33. The number of aryl methyl sites for hydroxylation is 1. The van der Waals surface area contributed by atoms with E-state index in [1.807, 2.05) is 0 Å². The Morgan fingerprint density at radius 3 is 2.71 bits per heavy atom. The molecule has 2 rings (SSSR count). The first-order valence-corrected chi connectivity index (χ1v) is 5.95. The molecule has 0 aliphatic carbocycles. The number of rotatable bonds is 4. The zero-order valence-corrected chi connectivity index (χ0v) is 11.1. The first kappa shape index (κ1) is 14.5. The fourth-order valence-electron chi connectivity index (χ4n) is 1.76. The van der Waals surface area contributed by atoms with Crippen molar-refractivity contribution >= 4 is 17.6 Å². The van der Waals surface area contributed by atoms with Crippen molar-refractivity contribution in [1.29, 1.82) is 0 Å². The van der Waals surface area contributed by atoms with Gasteiger partial charge in [-0.2, -0.15) is 5.10 Å². The highest BCUT2D eigenvalue weighted by atomic mass is 19.1. The summed E-state index contributed by atoms with van der Waals surface area (Å²) in [6.07, 6.45) is 2.81. The van der Waals surface area contributed by atoms with Crippen LogP contribution in [0.15, 0.2) is 30.6 Å². The molecule has 1 aromatic carbocycles. The maximum absolute atomic E-state index is 13.3. The van der Waals surface area contributed by atoms with Gasteiger partial charge in [0.1, 0.15) is 5.82 Å². The molecular formula is C13H13FN4O3. The molecule has 1 aromatic heterocycles. The number of carboxylic acid groups (broad SMARTS) is 1. The number of benzene rings is 1. The van der Waals surface area contributed by atoms with Gasteiger partial charge in [0.05, 0.1) is 11.9 Å². The van der Waals surface area contributed by atoms with Gasteiger partial charge < -0.3 is 16.2 Å². The number of carbonyl (C=O) groups excluding carboxylic acids is 1. The van der Waals surface area contributed by atoms with E-state index < -0.39 is 23.7 Å². The van der Waals surface area contributed by atoms with Crippen molar-refractivity contribution in [2.24, 2.45) is 7.05 Å². The molecule has 4 N–H and O–H groups in total. The Bertz CT molecular complexity index is 698. The predicted octanol–water partition coefficient (Wildman–Crippen LogP) is 0.697. The van der Waals surface area contributed by atoms with Gasteiger partial charge in [0.15, 0.2) is 6.04 Å². The summed E-state index contributed by atoms with van der Waals surface area (Å²) in [4.78, 5) is 23.2. The number of aliphatic carboxylic acids is 1. The third-order valence-corrected chi connectivity index (χ3v) is 2.84. The lowest BCUT2D eigenvalue weighted by atomic mass is 10.1. The van der Waals surface area contributed by atoms with Crippen LogP contribution < -0.4 is 11.1 Å². The van der Waals surface area contributed by atoms with Crippen LogP contribution in [0.2, 0.25) is 0 Å². The minimum absolute atomic E-state index is 0.0168. The van der Waals surface area contributed by atoms with Crippen LogP contribution >= 0.6 is 0 Å². The molecule has 2 aromatic rings. The van der Waals surface area contributed by atoms with Crippen LogP contribution in [-0.4, -0.2) is 26.8 Å². The molecule has 7 nitrogen and oxygen atoms in total. The van der Waals surface area contributed by atoms with Gasteiger partial charge in [-0.3, -0.25) is 9.48 Å². The molecule has 0 bridgehead atoms. The molecule has 0 radical (unpaired) electrons. The number of nitrogen functional groups attached to an aromatic ring is 1.